The predicted molar refractivity (Wildman–Crippen MR) is 184 cm³/mol. The van der Waals surface area contributed by atoms with Gasteiger partial charge in [-0.25, -0.2) is 4.39 Å². The van der Waals surface area contributed by atoms with Crippen molar-refractivity contribution >= 4 is 38.7 Å². The summed E-state index contributed by atoms with van der Waals surface area (Å²) in [6.07, 6.45) is 8.42. The number of rotatable bonds is 11. The number of Topliss-reactive ketones (excluding diaryl/α,β-unsaturated/α-hetero) is 1. The van der Waals surface area contributed by atoms with Crippen molar-refractivity contribution in [3.8, 4) is 28.8 Å². The van der Waals surface area contributed by atoms with Crippen LogP contribution in [-0.2, 0) is 31.1 Å². The molecule has 1 aromatic carbocycles. The first-order chi connectivity index (χ1) is 23.2. The number of carbonyl (C=O) groups is 1. The molecule has 0 atom stereocenters. The molecule has 0 saturated carbocycles. The number of carbonyl (C=O) groups excluding carboxylic acids is 1. The number of nitrogens with one attached hydrogen (secondary N) is 1. The minimum Gasteiger partial charge on any atom is -0.478 e. The van der Waals surface area contributed by atoms with Crippen LogP contribution in [-0.4, -0.2) is 31.7 Å². The molecule has 4 aromatic heterocycles. The molecule has 48 heavy (non-hydrogen) atoms. The Balaban J connectivity index is 1.31. The van der Waals surface area contributed by atoms with Crippen LogP contribution in [0, 0.1) is 17.1 Å². The van der Waals surface area contributed by atoms with Crippen LogP contribution in [0.5, 0.6) is 5.88 Å². The molecule has 12 heteroatoms. The fraction of sp³-hybridized carbons (Fsp3) is 0.278. The van der Waals surface area contributed by atoms with Gasteiger partial charge < -0.3 is 14.6 Å². The highest BCUT2D eigenvalue weighted by atomic mass is 32.1. The van der Waals surface area contributed by atoms with E-state index in [0.29, 0.717) is 45.7 Å². The van der Waals surface area contributed by atoms with Gasteiger partial charge in [-0.2, -0.15) is 20.0 Å². The van der Waals surface area contributed by atoms with E-state index in [-0.39, 0.29) is 47.1 Å². The molecule has 0 aliphatic heterocycles. The van der Waals surface area contributed by atoms with Gasteiger partial charge in [0.2, 0.25) is 5.88 Å². The Bertz CT molecular complexity index is 2250. The molecule has 4 heterocycles. The van der Waals surface area contributed by atoms with Crippen molar-refractivity contribution in [2.24, 2.45) is 7.05 Å². The van der Waals surface area contributed by atoms with Gasteiger partial charge in [0, 0.05) is 47.6 Å². The number of ketones is 1. The number of hydrogen-bond donors (Lipinski definition) is 1. The quantitative estimate of drug-likeness (QED) is 0.0983. The maximum absolute atomic E-state index is 15.4. The summed E-state index contributed by atoms with van der Waals surface area (Å²) >= 11 is 1.51. The lowest BCUT2D eigenvalue weighted by molar-refractivity contribution is -0.115. The number of fused-ring (bicyclic) bond motifs is 3. The number of hydrogen-bond acceptors (Lipinski definition) is 9. The Hall–Kier alpha value is -5.41. The molecular weight excluding hydrogens is 631 g/mol. The summed E-state index contributed by atoms with van der Waals surface area (Å²) in [4.78, 5) is 44.5. The number of aromatic nitrogens is 4. The van der Waals surface area contributed by atoms with Crippen LogP contribution in [0.1, 0.15) is 48.6 Å². The van der Waals surface area contributed by atoms with Gasteiger partial charge >= 0.3 is 0 Å². The standard InChI is InChI=1S/C36H33FN6O4S/c1-4-24-26(16-23(37)17-29(24)43-36(46)34-27(19-39-43)25-9-5-6-11-31(25)48-34)22-15-28(35(45)42(3)20-22)40-32-12-7-13-33(41-32)47-14-8-10-30(44)21(2)18-38/h7,12-13,15-17,19-20H,2,4-6,8-11,14H2,1,3H3,(H,40,41). The highest BCUT2D eigenvalue weighted by Gasteiger charge is 2.22. The van der Waals surface area contributed by atoms with Crippen molar-refractivity contribution in [3.63, 3.8) is 0 Å². The largest absolute Gasteiger partial charge is 0.478 e. The molecule has 0 bridgehead atoms. The minimum absolute atomic E-state index is 0.0906. The fourth-order valence-corrected chi connectivity index (χ4v) is 7.32. The molecule has 0 spiro atoms. The summed E-state index contributed by atoms with van der Waals surface area (Å²) in [6.45, 7) is 5.55. The van der Waals surface area contributed by atoms with E-state index in [1.54, 1.807) is 49.8 Å². The number of benzene rings is 1. The third-order valence-corrected chi connectivity index (χ3v) is 9.72. The molecule has 0 radical (unpaired) electrons. The Labute approximate surface area is 279 Å². The third-order valence-electron chi connectivity index (χ3n) is 8.42. The van der Waals surface area contributed by atoms with Crippen molar-refractivity contribution in [1.29, 1.82) is 5.26 Å². The second-order valence-electron chi connectivity index (χ2n) is 11.6. The maximum Gasteiger partial charge on any atom is 0.289 e. The molecule has 0 amide bonds. The number of nitriles is 1. The van der Waals surface area contributed by atoms with E-state index in [4.69, 9.17) is 10.00 Å². The molecule has 5 aromatic rings. The van der Waals surface area contributed by atoms with E-state index < -0.39 is 5.82 Å². The zero-order valence-corrected chi connectivity index (χ0v) is 27.5. The maximum atomic E-state index is 15.4. The second-order valence-corrected chi connectivity index (χ2v) is 12.7. The zero-order chi connectivity index (χ0) is 33.9. The molecule has 10 nitrogen and oxygen atoms in total. The van der Waals surface area contributed by atoms with Crippen molar-refractivity contribution in [1.82, 2.24) is 19.3 Å². The van der Waals surface area contributed by atoms with Gasteiger partial charge in [-0.1, -0.05) is 19.6 Å². The molecule has 1 aliphatic carbocycles. The van der Waals surface area contributed by atoms with Crippen LogP contribution in [0.25, 0.3) is 26.9 Å². The number of halogens is 1. The molecule has 1 aliphatic rings. The fourth-order valence-electron chi connectivity index (χ4n) is 6.04. The normalized spacial score (nSPS) is 12.4. The summed E-state index contributed by atoms with van der Waals surface area (Å²) in [5.41, 5.74) is 2.89. The summed E-state index contributed by atoms with van der Waals surface area (Å²) < 4.78 is 24.4. The van der Waals surface area contributed by atoms with Gasteiger partial charge in [0.25, 0.3) is 11.1 Å². The molecule has 6 rings (SSSR count). The lowest BCUT2D eigenvalue weighted by Gasteiger charge is -2.17. The van der Waals surface area contributed by atoms with Gasteiger partial charge in [0.05, 0.1) is 24.1 Å². The first-order valence-corrected chi connectivity index (χ1v) is 16.6. The molecular formula is C36H33FN6O4S. The van der Waals surface area contributed by atoms with Gasteiger partial charge in [0.15, 0.2) is 5.78 Å². The topological polar surface area (TPSA) is 132 Å². The van der Waals surface area contributed by atoms with E-state index >= 15 is 4.39 Å². The zero-order valence-electron chi connectivity index (χ0n) is 26.6. The molecule has 1 N–H and O–H groups in total. The van der Waals surface area contributed by atoms with Crippen molar-refractivity contribution in [2.45, 2.75) is 51.9 Å². The number of ether oxygens (including phenoxy) is 1. The van der Waals surface area contributed by atoms with E-state index in [0.717, 1.165) is 31.1 Å². The number of thiophene rings is 1. The molecule has 0 unspecified atom stereocenters. The first-order valence-electron chi connectivity index (χ1n) is 15.7. The number of pyridine rings is 2. The number of anilines is 2. The predicted octanol–water partition coefficient (Wildman–Crippen LogP) is 6.34. The van der Waals surface area contributed by atoms with Crippen LogP contribution in [0.15, 0.2) is 70.5 Å². The average molecular weight is 665 g/mol. The molecule has 0 saturated heterocycles. The smallest absolute Gasteiger partial charge is 0.289 e. The van der Waals surface area contributed by atoms with Crippen LogP contribution in [0.4, 0.5) is 15.9 Å². The van der Waals surface area contributed by atoms with Gasteiger partial charge in [0.1, 0.15) is 28.1 Å². The number of allylic oxidation sites excluding steroid dienone is 1. The number of nitrogens with zero attached hydrogens (tertiary/aromatic N) is 5. The third kappa shape index (κ3) is 6.41. The SMILES string of the molecule is C=C(C#N)C(=O)CCCOc1cccc(Nc2cc(-c3cc(F)cc(-n4ncc5c6c(sc5c4=O)CCCC6)c3CC)cn(C)c2=O)n1. The lowest BCUT2D eigenvalue weighted by atomic mass is 9.96. The van der Waals surface area contributed by atoms with Gasteiger partial charge in [-0.15, -0.1) is 11.3 Å². The van der Waals surface area contributed by atoms with Gasteiger partial charge in [-0.05, 0) is 73.4 Å². The highest BCUT2D eigenvalue weighted by molar-refractivity contribution is 7.19. The monoisotopic (exact) mass is 664 g/mol. The molecule has 0 fully saturated rings. The Morgan fingerprint density at radius 2 is 2.00 bits per heavy atom. The Kier molecular flexibility index (Phi) is 9.32. The van der Waals surface area contributed by atoms with Crippen LogP contribution in [0.3, 0.4) is 0 Å². The Morgan fingerprint density at radius 3 is 2.79 bits per heavy atom. The van der Waals surface area contributed by atoms with Gasteiger partial charge in [-0.3, -0.25) is 14.4 Å². The van der Waals surface area contributed by atoms with Crippen molar-refractivity contribution < 1.29 is 13.9 Å². The van der Waals surface area contributed by atoms with E-state index in [1.807, 2.05) is 6.92 Å². The summed E-state index contributed by atoms with van der Waals surface area (Å²) in [5, 5.41) is 17.3. The van der Waals surface area contributed by atoms with Crippen LogP contribution in [0.2, 0.25) is 0 Å². The summed E-state index contributed by atoms with van der Waals surface area (Å²) in [6, 6.07) is 11.2. The Morgan fingerprint density at radius 1 is 1.19 bits per heavy atom. The lowest BCUT2D eigenvalue weighted by Crippen LogP contribution is -2.22. The highest BCUT2D eigenvalue weighted by Crippen LogP contribution is 2.35. The minimum atomic E-state index is -0.537. The number of aryl methyl sites for hydroxylation is 3. The van der Waals surface area contributed by atoms with Crippen LogP contribution >= 0.6 is 11.3 Å². The van der Waals surface area contributed by atoms with E-state index in [2.05, 4.69) is 22.0 Å². The van der Waals surface area contributed by atoms with E-state index in [1.165, 1.54) is 43.2 Å². The average Bonchev–Trinajstić information content (AvgIpc) is 3.48. The summed E-state index contributed by atoms with van der Waals surface area (Å²) in [5.74, 6) is -0.245. The molecule has 244 valence electrons. The summed E-state index contributed by atoms with van der Waals surface area (Å²) in [7, 11) is 1.61. The van der Waals surface area contributed by atoms with Crippen LogP contribution < -0.4 is 21.2 Å². The second kappa shape index (κ2) is 13.8. The van der Waals surface area contributed by atoms with E-state index in [9.17, 15) is 14.4 Å². The first kappa shape index (κ1) is 32.5. The van der Waals surface area contributed by atoms with Crippen molar-refractivity contribution in [3.05, 3.63) is 103 Å². The van der Waals surface area contributed by atoms with Crippen molar-refractivity contribution in [2.75, 3.05) is 11.9 Å².